The van der Waals surface area contributed by atoms with Crippen LogP contribution in [-0.2, 0) is 29.0 Å². The van der Waals surface area contributed by atoms with Gasteiger partial charge in [-0.15, -0.1) is 0 Å². The molecule has 6 N–H and O–H groups in total. The Morgan fingerprint density at radius 2 is 1.73 bits per heavy atom. The van der Waals surface area contributed by atoms with Crippen LogP contribution in [0.3, 0.4) is 0 Å². The van der Waals surface area contributed by atoms with Crippen molar-refractivity contribution in [3.8, 4) is 0 Å². The fourth-order valence-corrected chi connectivity index (χ4v) is 6.17. The lowest BCUT2D eigenvalue weighted by molar-refractivity contribution is -0.192. The van der Waals surface area contributed by atoms with Gasteiger partial charge in [0, 0.05) is 19.5 Å². The number of amides is 2. The minimum Gasteiger partial charge on any atom is -0.481 e. The first-order valence-corrected chi connectivity index (χ1v) is 15.1. The summed E-state index contributed by atoms with van der Waals surface area (Å²) in [6.07, 6.45) is 0.0922. The van der Waals surface area contributed by atoms with E-state index >= 15 is 0 Å². The van der Waals surface area contributed by atoms with Crippen LogP contribution in [0.1, 0.15) is 64.7 Å². The number of carbonyl (C=O) groups excluding carboxylic acids is 2. The van der Waals surface area contributed by atoms with Crippen molar-refractivity contribution in [1.82, 2.24) is 15.5 Å². The molecule has 3 atom stereocenters. The molecule has 2 amide bonds. The summed E-state index contributed by atoms with van der Waals surface area (Å²) in [7, 11) is -3.76. The second-order valence-corrected chi connectivity index (χ2v) is 12.4. The lowest BCUT2D eigenvalue weighted by atomic mass is 9.92. The second-order valence-electron chi connectivity index (χ2n) is 10.1. The molecule has 2 rings (SSSR count). The number of carbonyl (C=O) groups is 4. The first-order valence-electron chi connectivity index (χ1n) is 13.4. The zero-order valence-corrected chi connectivity index (χ0v) is 23.4. The van der Waals surface area contributed by atoms with E-state index in [0.29, 0.717) is 44.6 Å². The maximum atomic E-state index is 12.9. The van der Waals surface area contributed by atoms with Crippen LogP contribution in [0.5, 0.6) is 0 Å². The van der Waals surface area contributed by atoms with Crippen LogP contribution in [0.2, 0.25) is 0 Å². The highest BCUT2D eigenvalue weighted by molar-refractivity contribution is 7.92. The van der Waals surface area contributed by atoms with Crippen LogP contribution in [0.15, 0.2) is 0 Å². The van der Waals surface area contributed by atoms with Crippen LogP contribution in [-0.4, -0.2) is 96.8 Å². The van der Waals surface area contributed by atoms with Crippen molar-refractivity contribution in [3.63, 3.8) is 0 Å². The van der Waals surface area contributed by atoms with Crippen LogP contribution in [0.4, 0.5) is 13.2 Å². The summed E-state index contributed by atoms with van der Waals surface area (Å²) >= 11 is 0. The minimum absolute atomic E-state index is 0.0342. The smallest absolute Gasteiger partial charge is 0.481 e. The van der Waals surface area contributed by atoms with Crippen LogP contribution in [0.25, 0.3) is 0 Å². The van der Waals surface area contributed by atoms with Crippen molar-refractivity contribution in [2.45, 2.75) is 82.3 Å². The molecule has 0 aliphatic carbocycles. The highest BCUT2D eigenvalue weighted by Gasteiger charge is 2.38. The molecule has 12 nitrogen and oxygen atoms in total. The second kappa shape index (κ2) is 16.7. The summed E-state index contributed by atoms with van der Waals surface area (Å²) in [6, 6.07) is -1.22. The SMILES string of the molecule is CCCCS(=O)(=O)[C@H](N)C(CC(=O)O)NC(=O)[C@@H]1CCCN(C(=O)CCC2CCNCC2)C1.O=C(O)C(F)(F)F. The number of piperidine rings is 2. The first kappa shape index (κ1) is 35.6. The number of unbranched alkanes of at least 4 members (excludes halogenated alkanes) is 1. The third kappa shape index (κ3) is 12.8. The maximum Gasteiger partial charge on any atom is 0.490 e. The number of nitrogens with zero attached hydrogens (tertiary/aromatic N) is 1. The van der Waals surface area contributed by atoms with Crippen LogP contribution in [0, 0.1) is 11.8 Å². The molecule has 0 aromatic rings. The molecule has 40 heavy (non-hydrogen) atoms. The van der Waals surface area contributed by atoms with E-state index in [0.717, 1.165) is 32.4 Å². The third-order valence-electron chi connectivity index (χ3n) is 6.93. The summed E-state index contributed by atoms with van der Waals surface area (Å²) in [6.45, 7) is 4.67. The molecule has 232 valence electrons. The molecule has 16 heteroatoms. The quantitative estimate of drug-likeness (QED) is 0.216. The van der Waals surface area contributed by atoms with Gasteiger partial charge in [-0.2, -0.15) is 13.2 Å². The van der Waals surface area contributed by atoms with Crippen molar-refractivity contribution in [1.29, 1.82) is 0 Å². The van der Waals surface area contributed by atoms with Crippen molar-refractivity contribution < 1.29 is 51.0 Å². The Bertz CT molecular complexity index is 958. The minimum atomic E-state index is -5.08. The van der Waals surface area contributed by atoms with Gasteiger partial charge in [-0.3, -0.25) is 14.4 Å². The largest absolute Gasteiger partial charge is 0.490 e. The third-order valence-corrected chi connectivity index (χ3v) is 8.94. The van der Waals surface area contributed by atoms with Crippen molar-refractivity contribution in [3.05, 3.63) is 0 Å². The van der Waals surface area contributed by atoms with Crippen molar-refractivity contribution >= 4 is 33.6 Å². The van der Waals surface area contributed by atoms with E-state index in [1.165, 1.54) is 0 Å². The molecule has 0 saturated carbocycles. The van der Waals surface area contributed by atoms with Gasteiger partial charge >= 0.3 is 18.1 Å². The van der Waals surface area contributed by atoms with Crippen LogP contribution < -0.4 is 16.4 Å². The van der Waals surface area contributed by atoms with E-state index in [4.69, 9.17) is 15.6 Å². The molecule has 1 unspecified atom stereocenters. The zero-order chi connectivity index (χ0) is 30.5. The van der Waals surface area contributed by atoms with Gasteiger partial charge in [0.05, 0.1) is 24.1 Å². The Hall–Kier alpha value is -2.46. The molecule has 0 aromatic heterocycles. The number of hydrogen-bond acceptors (Lipinski definition) is 8. The van der Waals surface area contributed by atoms with Gasteiger partial charge in [0.15, 0.2) is 9.84 Å². The molecule has 0 aromatic carbocycles. The van der Waals surface area contributed by atoms with Gasteiger partial charge < -0.3 is 31.5 Å². The molecule has 2 aliphatic heterocycles. The van der Waals surface area contributed by atoms with Crippen LogP contribution >= 0.6 is 0 Å². The predicted octanol–water partition coefficient (Wildman–Crippen LogP) is 1.10. The zero-order valence-electron chi connectivity index (χ0n) is 22.6. The summed E-state index contributed by atoms with van der Waals surface area (Å²) < 4.78 is 56.7. The number of nitrogens with one attached hydrogen (secondary N) is 2. The Morgan fingerprint density at radius 1 is 1.12 bits per heavy atom. The average Bonchev–Trinajstić information content (AvgIpc) is 2.90. The molecule has 2 fully saturated rings. The molecule has 0 spiro atoms. The number of aliphatic carboxylic acids is 2. The fraction of sp³-hybridized carbons (Fsp3) is 0.833. The number of halogens is 3. The van der Waals surface area contributed by atoms with E-state index in [1.807, 2.05) is 6.92 Å². The number of sulfone groups is 1. The molecular formula is C24H41F3N4O8S. The summed E-state index contributed by atoms with van der Waals surface area (Å²) in [4.78, 5) is 47.5. The standard InChI is InChI=1S/C22H40N4O6S.C2HF3O2/c1-2-3-13-33(31,32)21(23)18(14-20(28)29)25-22(30)17-5-4-12-26(15-17)19(27)7-6-16-8-10-24-11-9-16;3-2(4,5)1(6)7/h16-18,21,24H,2-15,23H2,1H3,(H,25,30)(H,28,29);(H,6,7)/t17-,18?,21+;/m1./s1. The summed E-state index contributed by atoms with van der Waals surface area (Å²) in [5, 5.41) is 20.7. The Labute approximate surface area is 232 Å². The molecule has 2 aliphatic rings. The number of hydrogen-bond donors (Lipinski definition) is 5. The topological polar surface area (TPSA) is 196 Å². The number of carboxylic acids is 2. The predicted molar refractivity (Wildman–Crippen MR) is 139 cm³/mol. The lowest BCUT2D eigenvalue weighted by Crippen LogP contribution is -2.55. The van der Waals surface area contributed by atoms with E-state index < -0.39 is 57.6 Å². The maximum absolute atomic E-state index is 12.9. The molecule has 2 saturated heterocycles. The van der Waals surface area contributed by atoms with E-state index in [-0.39, 0.29) is 18.2 Å². The van der Waals surface area contributed by atoms with Gasteiger partial charge in [-0.05, 0) is 57.5 Å². The summed E-state index contributed by atoms with van der Waals surface area (Å²) in [5.74, 6) is -4.52. The van der Waals surface area contributed by atoms with E-state index in [2.05, 4.69) is 10.6 Å². The molecule has 0 bridgehead atoms. The van der Waals surface area contributed by atoms with Gasteiger partial charge in [-0.1, -0.05) is 13.3 Å². The monoisotopic (exact) mass is 602 g/mol. The van der Waals surface area contributed by atoms with E-state index in [1.54, 1.807) is 4.90 Å². The Morgan fingerprint density at radius 3 is 2.25 bits per heavy atom. The normalized spacial score (nSPS) is 20.0. The summed E-state index contributed by atoms with van der Waals surface area (Å²) in [5.41, 5.74) is 5.91. The molecular weight excluding hydrogens is 561 g/mol. The average molecular weight is 603 g/mol. The number of carboxylic acid groups (broad SMARTS) is 2. The number of nitrogens with two attached hydrogens (primary N) is 1. The molecule has 0 radical (unpaired) electrons. The van der Waals surface area contributed by atoms with E-state index in [9.17, 15) is 41.1 Å². The highest BCUT2D eigenvalue weighted by atomic mass is 32.2. The van der Waals surface area contributed by atoms with Gasteiger partial charge in [0.25, 0.3) is 0 Å². The Balaban J connectivity index is 0.00000101. The lowest BCUT2D eigenvalue weighted by Gasteiger charge is -2.34. The number of alkyl halides is 3. The fourth-order valence-electron chi connectivity index (χ4n) is 4.54. The Kier molecular flexibility index (Phi) is 14.9. The number of rotatable bonds is 12. The van der Waals surface area contributed by atoms with Crippen molar-refractivity contribution in [2.24, 2.45) is 17.6 Å². The van der Waals surface area contributed by atoms with Crippen molar-refractivity contribution in [2.75, 3.05) is 31.9 Å². The number of likely N-dealkylation sites (tertiary alicyclic amines) is 1. The highest BCUT2D eigenvalue weighted by Crippen LogP contribution is 2.22. The van der Waals surface area contributed by atoms with Gasteiger partial charge in [0.2, 0.25) is 11.8 Å². The molecule has 2 heterocycles. The van der Waals surface area contributed by atoms with Gasteiger partial charge in [-0.25, -0.2) is 13.2 Å². The van der Waals surface area contributed by atoms with Gasteiger partial charge in [0.1, 0.15) is 5.37 Å². The first-order chi connectivity index (χ1) is 18.6.